The number of fused-ring (bicyclic) bond motifs is 1. The van der Waals surface area contributed by atoms with Crippen LogP contribution in [0.5, 0.6) is 0 Å². The van der Waals surface area contributed by atoms with Crippen molar-refractivity contribution in [1.82, 2.24) is 4.90 Å². The van der Waals surface area contributed by atoms with Crippen LogP contribution in [0.1, 0.15) is 27.1 Å². The molecular weight excluding hydrogens is 352 g/mol. The van der Waals surface area contributed by atoms with Gasteiger partial charge >= 0.3 is 15.2 Å². The molecule has 1 heterocycles. The van der Waals surface area contributed by atoms with E-state index < -0.39 is 45.1 Å². The predicted octanol–water partition coefficient (Wildman–Crippen LogP) is -0.326. The molecule has 0 bridgehead atoms. The number of rotatable bonds is 5. The summed E-state index contributed by atoms with van der Waals surface area (Å²) in [6.07, 6.45) is -1.17. The number of aliphatic hydroxyl groups is 1. The van der Waals surface area contributed by atoms with Gasteiger partial charge in [-0.3, -0.25) is 23.6 Å². The molecule has 12 heteroatoms. The van der Waals surface area contributed by atoms with Gasteiger partial charge in [0.1, 0.15) is 0 Å². The molecule has 0 aromatic heterocycles. The quantitative estimate of drug-likeness (QED) is 0.346. The van der Waals surface area contributed by atoms with E-state index in [-0.39, 0.29) is 11.1 Å². The lowest BCUT2D eigenvalue weighted by Gasteiger charge is -2.30. The zero-order valence-electron chi connectivity index (χ0n) is 11.4. The lowest BCUT2D eigenvalue weighted by molar-refractivity contribution is 0.0601. The molecule has 0 saturated heterocycles. The summed E-state index contributed by atoms with van der Waals surface area (Å²) in [5.74, 6) is -1.55. The summed E-state index contributed by atoms with van der Waals surface area (Å²) in [4.78, 5) is 60.8. The van der Waals surface area contributed by atoms with Crippen molar-refractivity contribution < 1.29 is 43.4 Å². The molecule has 0 unspecified atom stereocenters. The van der Waals surface area contributed by atoms with E-state index in [4.69, 9.17) is 19.6 Å². The highest BCUT2D eigenvalue weighted by Gasteiger charge is 2.59. The molecule has 1 aliphatic heterocycles. The maximum atomic E-state index is 12.1. The number of nitrogens with zero attached hydrogens (tertiary/aromatic N) is 1. The molecule has 126 valence electrons. The molecule has 10 nitrogen and oxygen atoms in total. The van der Waals surface area contributed by atoms with E-state index in [0.717, 1.165) is 0 Å². The average molecular weight is 365 g/mol. The second-order valence-electron chi connectivity index (χ2n) is 4.92. The fourth-order valence-corrected chi connectivity index (χ4v) is 4.31. The van der Waals surface area contributed by atoms with E-state index in [2.05, 4.69) is 0 Å². The topological polar surface area (TPSA) is 173 Å². The Bertz CT molecular complexity index is 708. The number of carbonyl (C=O) groups is 2. The molecule has 1 aromatic carbocycles. The zero-order valence-corrected chi connectivity index (χ0v) is 13.2. The molecule has 1 aromatic rings. The first-order valence-electron chi connectivity index (χ1n) is 6.19. The van der Waals surface area contributed by atoms with Crippen LogP contribution in [-0.4, -0.2) is 53.0 Å². The summed E-state index contributed by atoms with van der Waals surface area (Å²) >= 11 is 0. The van der Waals surface area contributed by atoms with Crippen LogP contribution in [-0.2, 0) is 9.13 Å². The van der Waals surface area contributed by atoms with E-state index >= 15 is 0 Å². The van der Waals surface area contributed by atoms with E-state index in [9.17, 15) is 23.8 Å². The number of benzene rings is 1. The van der Waals surface area contributed by atoms with Crippen LogP contribution in [0.25, 0.3) is 0 Å². The van der Waals surface area contributed by atoms with E-state index in [0.29, 0.717) is 4.90 Å². The van der Waals surface area contributed by atoms with Crippen LogP contribution in [0.15, 0.2) is 24.3 Å². The fraction of sp³-hybridized carbons (Fsp3) is 0.273. The van der Waals surface area contributed by atoms with Gasteiger partial charge in [-0.25, -0.2) is 0 Å². The maximum absolute atomic E-state index is 12.1. The Balaban J connectivity index is 2.28. The number of hydrogen-bond acceptors (Lipinski definition) is 5. The van der Waals surface area contributed by atoms with E-state index in [1.807, 2.05) is 0 Å². The van der Waals surface area contributed by atoms with Crippen molar-refractivity contribution >= 4 is 27.0 Å². The average Bonchev–Trinajstić information content (AvgIpc) is 2.67. The van der Waals surface area contributed by atoms with Gasteiger partial charge in [-0.15, -0.1) is 0 Å². The summed E-state index contributed by atoms with van der Waals surface area (Å²) in [6.45, 7) is -0.765. The van der Waals surface area contributed by atoms with Crippen LogP contribution in [0.4, 0.5) is 0 Å². The first-order chi connectivity index (χ1) is 10.4. The summed E-state index contributed by atoms with van der Waals surface area (Å²) in [6, 6.07) is 5.76. The number of hydrogen-bond donors (Lipinski definition) is 5. The van der Waals surface area contributed by atoms with Gasteiger partial charge in [-0.1, -0.05) is 12.1 Å². The standard InChI is InChI=1S/C11H13NO9P2/c13-9-7-3-1-2-4-8(7)10(14)12(9)6-5-11(15,22(16,17)18)23(19,20)21/h1-4,15H,5-6H2,(H2,16,17,18)(H2,19,20,21). The maximum Gasteiger partial charge on any atom is 0.369 e. The molecule has 2 amide bonds. The Hall–Kier alpha value is -1.38. The van der Waals surface area contributed by atoms with Crippen molar-refractivity contribution in [3.63, 3.8) is 0 Å². The Morgan fingerprint density at radius 2 is 1.30 bits per heavy atom. The van der Waals surface area contributed by atoms with Crippen molar-refractivity contribution in [1.29, 1.82) is 0 Å². The van der Waals surface area contributed by atoms with Crippen LogP contribution < -0.4 is 0 Å². The van der Waals surface area contributed by atoms with Gasteiger partial charge in [0.05, 0.1) is 11.1 Å². The van der Waals surface area contributed by atoms with Gasteiger partial charge in [0.2, 0.25) is 0 Å². The third-order valence-corrected chi connectivity index (χ3v) is 7.36. The van der Waals surface area contributed by atoms with Crippen molar-refractivity contribution in [3.8, 4) is 0 Å². The third kappa shape index (κ3) is 2.90. The molecule has 0 radical (unpaired) electrons. The minimum atomic E-state index is -5.64. The van der Waals surface area contributed by atoms with Crippen molar-refractivity contribution in [2.45, 2.75) is 11.5 Å². The van der Waals surface area contributed by atoms with Crippen molar-refractivity contribution in [2.24, 2.45) is 0 Å². The molecule has 0 atom stereocenters. The summed E-state index contributed by atoms with van der Waals surface area (Å²) in [7, 11) is -11.3. The zero-order chi connectivity index (χ0) is 17.6. The monoisotopic (exact) mass is 365 g/mol. The molecular formula is C11H13NO9P2. The van der Waals surface area contributed by atoms with Gasteiger partial charge in [0.15, 0.2) is 0 Å². The summed E-state index contributed by atoms with van der Waals surface area (Å²) < 4.78 is 22.5. The smallest absolute Gasteiger partial charge is 0.367 e. The van der Waals surface area contributed by atoms with Gasteiger partial charge in [0, 0.05) is 13.0 Å². The molecule has 2 rings (SSSR count). The number of carbonyl (C=O) groups excluding carboxylic acids is 2. The summed E-state index contributed by atoms with van der Waals surface area (Å²) in [5, 5.41) is 6.09. The van der Waals surface area contributed by atoms with Crippen LogP contribution in [0.3, 0.4) is 0 Å². The number of amides is 2. The van der Waals surface area contributed by atoms with E-state index in [1.54, 1.807) is 0 Å². The summed E-state index contributed by atoms with van der Waals surface area (Å²) in [5.41, 5.74) is 0.127. The highest BCUT2D eigenvalue weighted by molar-refractivity contribution is 7.72. The molecule has 0 aliphatic carbocycles. The highest BCUT2D eigenvalue weighted by Crippen LogP contribution is 2.68. The van der Waals surface area contributed by atoms with Crippen LogP contribution in [0, 0.1) is 0 Å². The van der Waals surface area contributed by atoms with Gasteiger partial charge in [-0.2, -0.15) is 0 Å². The first-order valence-corrected chi connectivity index (χ1v) is 9.41. The van der Waals surface area contributed by atoms with Crippen molar-refractivity contribution in [3.05, 3.63) is 35.4 Å². The SMILES string of the molecule is O=C1c2ccccc2C(=O)N1CCC(O)(P(=O)(O)O)P(=O)(O)O. The van der Waals surface area contributed by atoms with Crippen molar-refractivity contribution in [2.75, 3.05) is 6.54 Å². The van der Waals surface area contributed by atoms with E-state index in [1.165, 1.54) is 24.3 Å². The molecule has 0 spiro atoms. The predicted molar refractivity (Wildman–Crippen MR) is 75.5 cm³/mol. The molecule has 5 N–H and O–H groups in total. The lowest BCUT2D eigenvalue weighted by Crippen LogP contribution is -2.37. The molecule has 0 saturated carbocycles. The van der Waals surface area contributed by atoms with Gasteiger partial charge < -0.3 is 24.7 Å². The normalized spacial score (nSPS) is 16.0. The molecule has 23 heavy (non-hydrogen) atoms. The highest BCUT2D eigenvalue weighted by atomic mass is 31.2. The molecule has 1 aliphatic rings. The lowest BCUT2D eigenvalue weighted by atomic mass is 10.1. The van der Waals surface area contributed by atoms with Crippen LogP contribution in [0.2, 0.25) is 0 Å². The number of imide groups is 1. The second-order valence-corrected chi connectivity index (χ2v) is 8.93. The molecule has 0 fully saturated rings. The minimum Gasteiger partial charge on any atom is -0.367 e. The first kappa shape index (κ1) is 18.0. The minimum absolute atomic E-state index is 0.0633. The van der Waals surface area contributed by atoms with Crippen LogP contribution >= 0.6 is 15.2 Å². The van der Waals surface area contributed by atoms with Gasteiger partial charge in [0.25, 0.3) is 16.9 Å². The Kier molecular flexibility index (Phi) is 4.38. The fourth-order valence-electron chi connectivity index (χ4n) is 2.17. The Morgan fingerprint density at radius 1 is 0.913 bits per heavy atom. The Morgan fingerprint density at radius 3 is 1.65 bits per heavy atom. The Labute approximate surface area is 129 Å². The van der Waals surface area contributed by atoms with Gasteiger partial charge in [-0.05, 0) is 12.1 Å². The second kappa shape index (κ2) is 5.61. The third-order valence-electron chi connectivity index (χ3n) is 3.48. The largest absolute Gasteiger partial charge is 0.369 e.